The molecule has 1 aromatic carbocycles. The third-order valence-electron chi connectivity index (χ3n) is 4.35. The van der Waals surface area contributed by atoms with E-state index in [0.29, 0.717) is 31.6 Å². The van der Waals surface area contributed by atoms with E-state index in [-0.39, 0.29) is 12.3 Å². The first kappa shape index (κ1) is 13.2. The van der Waals surface area contributed by atoms with E-state index >= 15 is 0 Å². The molecular formula is C15H16FNO3. The summed E-state index contributed by atoms with van der Waals surface area (Å²) in [5.41, 5.74) is -0.140. The van der Waals surface area contributed by atoms with Crippen LogP contribution in [0.4, 0.5) is 4.39 Å². The largest absolute Gasteiger partial charge is 0.381 e. The predicted molar refractivity (Wildman–Crippen MR) is 69.4 cm³/mol. The molecule has 0 saturated carbocycles. The maximum Gasteiger partial charge on any atom is 0.234 e. The number of hydrogen-bond acceptors (Lipinski definition) is 3. The number of hydrogen-bond donors (Lipinski definition) is 1. The molecular weight excluding hydrogens is 261 g/mol. The summed E-state index contributed by atoms with van der Waals surface area (Å²) in [6.07, 6.45) is 1.46. The van der Waals surface area contributed by atoms with Gasteiger partial charge >= 0.3 is 0 Å². The number of halogens is 1. The van der Waals surface area contributed by atoms with Crippen molar-refractivity contribution in [1.82, 2.24) is 5.32 Å². The van der Waals surface area contributed by atoms with Crippen molar-refractivity contribution < 1.29 is 18.7 Å². The van der Waals surface area contributed by atoms with E-state index in [1.807, 2.05) is 0 Å². The molecule has 0 aromatic heterocycles. The Balaban J connectivity index is 2.06. The van der Waals surface area contributed by atoms with Gasteiger partial charge in [0.15, 0.2) is 0 Å². The van der Waals surface area contributed by atoms with Gasteiger partial charge in [-0.05, 0) is 24.3 Å². The van der Waals surface area contributed by atoms with Crippen molar-refractivity contribution in [2.24, 2.45) is 5.41 Å². The van der Waals surface area contributed by atoms with Crippen LogP contribution in [0.2, 0.25) is 0 Å². The molecule has 1 aromatic rings. The number of rotatable bonds is 1. The molecule has 2 heterocycles. The second-order valence-electron chi connectivity index (χ2n) is 5.52. The molecule has 2 fully saturated rings. The lowest BCUT2D eigenvalue weighted by Crippen LogP contribution is -2.52. The van der Waals surface area contributed by atoms with E-state index in [2.05, 4.69) is 5.32 Å². The Bertz CT molecular complexity index is 552. The third-order valence-corrected chi connectivity index (χ3v) is 4.35. The first-order valence-electron chi connectivity index (χ1n) is 6.78. The summed E-state index contributed by atoms with van der Waals surface area (Å²) in [4.78, 5) is 24.0. The minimum Gasteiger partial charge on any atom is -0.381 e. The Hall–Kier alpha value is -1.75. The normalized spacial score (nSPS) is 25.6. The molecule has 2 aliphatic heterocycles. The van der Waals surface area contributed by atoms with Crippen molar-refractivity contribution in [1.29, 1.82) is 0 Å². The van der Waals surface area contributed by atoms with Crippen LogP contribution in [0, 0.1) is 11.2 Å². The summed E-state index contributed by atoms with van der Waals surface area (Å²) in [6, 6.07) is 6.30. The lowest BCUT2D eigenvalue weighted by molar-refractivity contribution is -0.143. The summed E-state index contributed by atoms with van der Waals surface area (Å²) in [5.74, 6) is -1.68. The number of ether oxygens (including phenoxy) is 1. The van der Waals surface area contributed by atoms with Crippen molar-refractivity contribution in [2.45, 2.75) is 25.2 Å². The molecule has 4 nitrogen and oxygen atoms in total. The van der Waals surface area contributed by atoms with E-state index in [1.54, 1.807) is 18.2 Å². The Morgan fingerprint density at radius 2 is 1.90 bits per heavy atom. The van der Waals surface area contributed by atoms with Crippen molar-refractivity contribution >= 4 is 11.8 Å². The summed E-state index contributed by atoms with van der Waals surface area (Å²) in [6.45, 7) is 1.01. The number of nitrogens with one attached hydrogen (secondary N) is 1. The summed E-state index contributed by atoms with van der Waals surface area (Å²) in [7, 11) is 0. The molecule has 20 heavy (non-hydrogen) atoms. The highest BCUT2D eigenvalue weighted by Crippen LogP contribution is 2.49. The highest BCUT2D eigenvalue weighted by atomic mass is 19.1. The van der Waals surface area contributed by atoms with E-state index in [9.17, 15) is 14.0 Å². The molecule has 3 rings (SSSR count). The van der Waals surface area contributed by atoms with E-state index in [0.717, 1.165) is 0 Å². The van der Waals surface area contributed by atoms with Gasteiger partial charge in [-0.25, -0.2) is 4.39 Å². The molecule has 5 heteroatoms. The zero-order valence-corrected chi connectivity index (χ0v) is 11.0. The number of carbonyl (C=O) groups excluding carboxylic acids is 2. The lowest BCUT2D eigenvalue weighted by atomic mass is 9.63. The van der Waals surface area contributed by atoms with Gasteiger partial charge in [-0.15, -0.1) is 0 Å². The van der Waals surface area contributed by atoms with E-state index in [4.69, 9.17) is 4.74 Å². The van der Waals surface area contributed by atoms with Crippen LogP contribution in [-0.4, -0.2) is 25.0 Å². The first-order valence-corrected chi connectivity index (χ1v) is 6.78. The van der Waals surface area contributed by atoms with E-state index in [1.165, 1.54) is 6.07 Å². The van der Waals surface area contributed by atoms with Crippen molar-refractivity contribution in [2.75, 3.05) is 13.2 Å². The van der Waals surface area contributed by atoms with Crippen LogP contribution in [0.1, 0.15) is 30.7 Å². The Morgan fingerprint density at radius 1 is 1.20 bits per heavy atom. The predicted octanol–water partition coefficient (Wildman–Crippen LogP) is 1.75. The van der Waals surface area contributed by atoms with Gasteiger partial charge in [-0.1, -0.05) is 18.2 Å². The van der Waals surface area contributed by atoms with Gasteiger partial charge in [-0.2, -0.15) is 0 Å². The molecule has 2 amide bonds. The minimum atomic E-state index is -0.620. The zero-order valence-electron chi connectivity index (χ0n) is 11.0. The molecule has 2 aliphatic rings. The monoisotopic (exact) mass is 277 g/mol. The van der Waals surface area contributed by atoms with Gasteiger partial charge in [-0.3, -0.25) is 14.9 Å². The average molecular weight is 277 g/mol. The molecule has 0 radical (unpaired) electrons. The molecule has 1 unspecified atom stereocenters. The van der Waals surface area contributed by atoms with Crippen LogP contribution in [0.15, 0.2) is 24.3 Å². The van der Waals surface area contributed by atoms with Crippen LogP contribution in [0.25, 0.3) is 0 Å². The average Bonchev–Trinajstić information content (AvgIpc) is 2.41. The minimum absolute atomic E-state index is 0.251. The van der Waals surface area contributed by atoms with Gasteiger partial charge < -0.3 is 4.74 Å². The molecule has 1 atom stereocenters. The molecule has 0 aliphatic carbocycles. The van der Waals surface area contributed by atoms with E-state index < -0.39 is 23.1 Å². The fraction of sp³-hybridized carbons (Fsp3) is 0.467. The maximum absolute atomic E-state index is 14.1. The molecule has 1 N–H and O–H groups in total. The fourth-order valence-corrected chi connectivity index (χ4v) is 3.38. The van der Waals surface area contributed by atoms with Crippen LogP contribution in [0.5, 0.6) is 0 Å². The molecule has 2 saturated heterocycles. The summed E-state index contributed by atoms with van der Waals surface area (Å²) < 4.78 is 19.4. The molecule has 1 spiro atoms. The highest BCUT2D eigenvalue weighted by molar-refractivity contribution is 6.02. The molecule has 0 bridgehead atoms. The van der Waals surface area contributed by atoms with Crippen molar-refractivity contribution in [3.63, 3.8) is 0 Å². The number of carbonyl (C=O) groups is 2. The van der Waals surface area contributed by atoms with Crippen molar-refractivity contribution in [3.8, 4) is 0 Å². The zero-order chi connectivity index (χ0) is 14.2. The number of benzene rings is 1. The van der Waals surface area contributed by atoms with Crippen molar-refractivity contribution in [3.05, 3.63) is 35.6 Å². The fourth-order valence-electron chi connectivity index (χ4n) is 3.38. The maximum atomic E-state index is 14.1. The van der Waals surface area contributed by atoms with Gasteiger partial charge in [0, 0.05) is 25.2 Å². The Kier molecular flexibility index (Phi) is 3.30. The van der Waals surface area contributed by atoms with Gasteiger partial charge in [0.1, 0.15) is 5.82 Å². The summed E-state index contributed by atoms with van der Waals surface area (Å²) in [5, 5.41) is 2.34. The van der Waals surface area contributed by atoms with Crippen LogP contribution in [-0.2, 0) is 14.3 Å². The van der Waals surface area contributed by atoms with Gasteiger partial charge in [0.25, 0.3) is 0 Å². The molecule has 106 valence electrons. The van der Waals surface area contributed by atoms with Gasteiger partial charge in [0.05, 0.1) is 5.92 Å². The summed E-state index contributed by atoms with van der Waals surface area (Å²) >= 11 is 0. The third kappa shape index (κ3) is 2.12. The van der Waals surface area contributed by atoms with Crippen LogP contribution >= 0.6 is 0 Å². The quantitative estimate of drug-likeness (QED) is 0.796. The number of piperidine rings is 1. The smallest absolute Gasteiger partial charge is 0.234 e. The van der Waals surface area contributed by atoms with Crippen LogP contribution < -0.4 is 5.32 Å². The SMILES string of the molecule is O=C1CC2(CCOCC2)C(c2ccccc2F)C(=O)N1. The highest BCUT2D eigenvalue weighted by Gasteiger charge is 2.50. The standard InChI is InChI=1S/C15H16FNO3/c16-11-4-2-1-3-10(11)13-14(19)17-12(18)9-15(13)5-7-20-8-6-15/h1-4,13H,5-9H2,(H,17,18,19). The Morgan fingerprint density at radius 3 is 2.60 bits per heavy atom. The number of amides is 2. The first-order chi connectivity index (χ1) is 9.62. The topological polar surface area (TPSA) is 55.4 Å². The Labute approximate surface area is 116 Å². The number of imide groups is 1. The second-order valence-corrected chi connectivity index (χ2v) is 5.52. The lowest BCUT2D eigenvalue weighted by Gasteiger charge is -2.45. The van der Waals surface area contributed by atoms with Gasteiger partial charge in [0.2, 0.25) is 11.8 Å². The second kappa shape index (κ2) is 4.98. The van der Waals surface area contributed by atoms with Crippen LogP contribution in [0.3, 0.4) is 0 Å².